The summed E-state index contributed by atoms with van der Waals surface area (Å²) in [5.41, 5.74) is 8.88. The maximum Gasteiger partial charge on any atom is 0.222 e. The molecular formula is C17H18N6O. The number of nitrogen functional groups attached to an aromatic ring is 1. The van der Waals surface area contributed by atoms with Crippen LogP contribution in [-0.4, -0.2) is 37.4 Å². The van der Waals surface area contributed by atoms with Gasteiger partial charge in [0, 0.05) is 34.7 Å². The van der Waals surface area contributed by atoms with Gasteiger partial charge in [0.25, 0.3) is 0 Å². The van der Waals surface area contributed by atoms with Gasteiger partial charge < -0.3 is 16.2 Å². The number of hydrogen-bond donors (Lipinski definition) is 4. The molecule has 0 spiro atoms. The van der Waals surface area contributed by atoms with Gasteiger partial charge in [-0.05, 0) is 37.5 Å². The van der Waals surface area contributed by atoms with E-state index in [1.165, 1.54) is 0 Å². The quantitative estimate of drug-likeness (QED) is 0.584. The zero-order chi connectivity index (χ0) is 16.4. The van der Waals surface area contributed by atoms with Crippen LogP contribution in [0, 0.1) is 5.41 Å². The summed E-state index contributed by atoms with van der Waals surface area (Å²) in [5, 5.41) is 20.9. The molecule has 0 unspecified atom stereocenters. The minimum Gasteiger partial charge on any atom is -0.396 e. The lowest BCUT2D eigenvalue weighted by Crippen LogP contribution is -2.72. The minimum atomic E-state index is 0.0680. The van der Waals surface area contributed by atoms with Crippen molar-refractivity contribution in [3.05, 3.63) is 30.5 Å². The van der Waals surface area contributed by atoms with Crippen LogP contribution in [0.3, 0.4) is 0 Å². The number of benzene rings is 1. The van der Waals surface area contributed by atoms with Crippen molar-refractivity contribution >= 4 is 22.7 Å². The number of aromatic amines is 1. The molecule has 0 atom stereocenters. The van der Waals surface area contributed by atoms with Gasteiger partial charge in [-0.2, -0.15) is 10.1 Å². The Hall–Kier alpha value is -2.67. The van der Waals surface area contributed by atoms with Crippen molar-refractivity contribution in [1.82, 2.24) is 20.2 Å². The van der Waals surface area contributed by atoms with Crippen LogP contribution in [0.4, 0.5) is 11.8 Å². The molecule has 122 valence electrons. The first-order valence-electron chi connectivity index (χ1n) is 8.07. The van der Waals surface area contributed by atoms with Gasteiger partial charge in [-0.1, -0.05) is 6.07 Å². The Bertz CT molecular complexity index is 916. The molecular weight excluding hydrogens is 304 g/mol. The highest BCUT2D eigenvalue weighted by atomic mass is 16.3. The highest BCUT2D eigenvalue weighted by Crippen LogP contribution is 2.68. The summed E-state index contributed by atoms with van der Waals surface area (Å²) in [4.78, 5) is 8.78. The van der Waals surface area contributed by atoms with Crippen LogP contribution >= 0.6 is 0 Å². The third-order valence-electron chi connectivity index (χ3n) is 5.39. The van der Waals surface area contributed by atoms with Crippen molar-refractivity contribution in [2.45, 2.75) is 24.8 Å². The Morgan fingerprint density at radius 2 is 2.04 bits per heavy atom. The van der Waals surface area contributed by atoms with Crippen LogP contribution in [-0.2, 0) is 0 Å². The SMILES string of the molecule is Nc1nc(NC23CC(CO)(C2)C3)c2ccc(-c3ccn[nH]3)cc2n1. The van der Waals surface area contributed by atoms with E-state index >= 15 is 0 Å². The maximum absolute atomic E-state index is 9.42. The van der Waals surface area contributed by atoms with E-state index in [0.717, 1.165) is 47.2 Å². The number of aromatic nitrogens is 4. The zero-order valence-electron chi connectivity index (χ0n) is 13.1. The molecule has 7 nitrogen and oxygen atoms in total. The Balaban J connectivity index is 1.52. The number of hydrogen-bond acceptors (Lipinski definition) is 6. The van der Waals surface area contributed by atoms with Gasteiger partial charge in [-0.25, -0.2) is 4.98 Å². The summed E-state index contributed by atoms with van der Waals surface area (Å²) in [5.74, 6) is 1.04. The van der Waals surface area contributed by atoms with Crippen molar-refractivity contribution < 1.29 is 5.11 Å². The van der Waals surface area contributed by atoms with E-state index in [4.69, 9.17) is 5.73 Å². The average Bonchev–Trinajstić information content (AvgIpc) is 3.02. The van der Waals surface area contributed by atoms with E-state index in [1.807, 2.05) is 24.3 Å². The molecule has 3 fully saturated rings. The number of nitrogens with zero attached hydrogens (tertiary/aromatic N) is 3. The monoisotopic (exact) mass is 322 g/mol. The smallest absolute Gasteiger partial charge is 0.222 e. The van der Waals surface area contributed by atoms with Crippen molar-refractivity contribution in [3.63, 3.8) is 0 Å². The van der Waals surface area contributed by atoms with Crippen molar-refractivity contribution in [2.75, 3.05) is 17.7 Å². The van der Waals surface area contributed by atoms with Gasteiger partial charge in [-0.15, -0.1) is 0 Å². The van der Waals surface area contributed by atoms with Crippen LogP contribution in [0.2, 0.25) is 0 Å². The summed E-state index contributed by atoms with van der Waals surface area (Å²) >= 11 is 0. The van der Waals surface area contributed by atoms with Gasteiger partial charge in [0.05, 0.1) is 11.2 Å². The molecule has 3 saturated carbocycles. The third kappa shape index (κ3) is 1.85. The number of fused-ring (bicyclic) bond motifs is 1. The predicted octanol–water partition coefficient (Wildman–Crippen LogP) is 1.93. The van der Waals surface area contributed by atoms with Gasteiger partial charge in [0.2, 0.25) is 5.95 Å². The summed E-state index contributed by atoms with van der Waals surface area (Å²) in [6.45, 7) is 0.274. The van der Waals surface area contributed by atoms with Crippen LogP contribution in [0.15, 0.2) is 30.5 Å². The second-order valence-corrected chi connectivity index (χ2v) is 7.23. The second-order valence-electron chi connectivity index (χ2n) is 7.23. The summed E-state index contributed by atoms with van der Waals surface area (Å²) in [6.07, 6.45) is 4.71. The molecule has 3 aromatic rings. The topological polar surface area (TPSA) is 113 Å². The van der Waals surface area contributed by atoms with E-state index in [1.54, 1.807) is 6.20 Å². The van der Waals surface area contributed by atoms with E-state index in [-0.39, 0.29) is 23.5 Å². The number of aliphatic hydroxyl groups is 1. The molecule has 2 aromatic heterocycles. The summed E-state index contributed by atoms with van der Waals surface area (Å²) in [6, 6.07) is 7.95. The molecule has 0 amide bonds. The fraction of sp³-hybridized carbons (Fsp3) is 0.353. The van der Waals surface area contributed by atoms with Crippen molar-refractivity contribution in [1.29, 1.82) is 0 Å². The van der Waals surface area contributed by atoms with E-state index < -0.39 is 0 Å². The minimum absolute atomic E-state index is 0.0680. The number of anilines is 2. The highest BCUT2D eigenvalue weighted by molar-refractivity contribution is 5.93. The molecule has 7 heteroatoms. The van der Waals surface area contributed by atoms with E-state index in [9.17, 15) is 5.11 Å². The number of H-pyrrole nitrogens is 1. The Kier molecular flexibility index (Phi) is 2.55. The lowest BCUT2D eigenvalue weighted by Gasteiger charge is -2.70. The van der Waals surface area contributed by atoms with Gasteiger partial charge in [0.1, 0.15) is 5.82 Å². The molecule has 5 N–H and O–H groups in total. The average molecular weight is 322 g/mol. The Morgan fingerprint density at radius 3 is 2.75 bits per heavy atom. The molecule has 3 aliphatic rings. The molecule has 24 heavy (non-hydrogen) atoms. The number of nitrogens with two attached hydrogens (primary N) is 1. The summed E-state index contributed by atoms with van der Waals surface area (Å²) in [7, 11) is 0. The predicted molar refractivity (Wildman–Crippen MR) is 91.3 cm³/mol. The van der Waals surface area contributed by atoms with E-state index in [2.05, 4.69) is 25.5 Å². The highest BCUT2D eigenvalue weighted by Gasteiger charge is 2.67. The van der Waals surface area contributed by atoms with Crippen LogP contribution in [0.5, 0.6) is 0 Å². The first kappa shape index (κ1) is 13.7. The maximum atomic E-state index is 9.42. The molecule has 3 aliphatic carbocycles. The number of rotatable bonds is 4. The van der Waals surface area contributed by atoms with Crippen molar-refractivity contribution in [3.8, 4) is 11.3 Å². The van der Waals surface area contributed by atoms with E-state index in [0.29, 0.717) is 0 Å². The number of aliphatic hydroxyl groups excluding tert-OH is 1. The van der Waals surface area contributed by atoms with Crippen LogP contribution in [0.1, 0.15) is 19.3 Å². The second kappa shape index (κ2) is 4.45. The molecule has 0 radical (unpaired) electrons. The van der Waals surface area contributed by atoms with Gasteiger partial charge in [0.15, 0.2) is 0 Å². The Morgan fingerprint density at radius 1 is 1.21 bits per heavy atom. The first-order valence-corrected chi connectivity index (χ1v) is 8.07. The standard InChI is InChI=1S/C17H18N6O/c18-15-20-13-5-10(12-3-4-19-23-12)1-2-11(13)14(21-15)22-17-6-16(7-17,8-17)9-24/h1-5,24H,6-9H2,(H,19,23)(H3,18,20,21,22). The fourth-order valence-electron chi connectivity index (χ4n) is 4.38. The van der Waals surface area contributed by atoms with Gasteiger partial charge >= 0.3 is 0 Å². The first-order chi connectivity index (χ1) is 11.6. The van der Waals surface area contributed by atoms with Crippen LogP contribution < -0.4 is 11.1 Å². The molecule has 1 aromatic carbocycles. The third-order valence-corrected chi connectivity index (χ3v) is 5.39. The molecule has 6 rings (SSSR count). The Labute approximate surface area is 138 Å². The van der Waals surface area contributed by atoms with Crippen LogP contribution in [0.25, 0.3) is 22.2 Å². The zero-order valence-corrected chi connectivity index (χ0v) is 13.1. The van der Waals surface area contributed by atoms with Gasteiger partial charge in [-0.3, -0.25) is 5.10 Å². The van der Waals surface area contributed by atoms with Crippen molar-refractivity contribution in [2.24, 2.45) is 5.41 Å². The normalized spacial score (nSPS) is 27.5. The lowest BCUT2D eigenvalue weighted by atomic mass is 9.39. The molecule has 2 bridgehead atoms. The fourth-order valence-corrected chi connectivity index (χ4v) is 4.38. The molecule has 0 saturated heterocycles. The lowest BCUT2D eigenvalue weighted by molar-refractivity contribution is -0.146. The molecule has 2 heterocycles. The molecule has 0 aliphatic heterocycles. The number of nitrogens with one attached hydrogen (secondary N) is 2. The summed E-state index contributed by atoms with van der Waals surface area (Å²) < 4.78 is 0. The largest absolute Gasteiger partial charge is 0.396 e.